The van der Waals surface area contributed by atoms with Crippen LogP contribution in [-0.4, -0.2) is 32.5 Å². The van der Waals surface area contributed by atoms with Gasteiger partial charge >= 0.3 is 16.3 Å². The zero-order valence-electron chi connectivity index (χ0n) is 10.5. The highest BCUT2D eigenvalue weighted by Gasteiger charge is 2.37. The van der Waals surface area contributed by atoms with Crippen molar-refractivity contribution in [3.63, 3.8) is 0 Å². The number of methoxy groups -OCH3 is 1. The van der Waals surface area contributed by atoms with Crippen molar-refractivity contribution in [3.05, 3.63) is 0 Å². The summed E-state index contributed by atoms with van der Waals surface area (Å²) in [5.41, 5.74) is -0.521. The molecule has 0 spiro atoms. The SMILES string of the molecule is COC(=O)NS(=O)(=O)NC1(CBr)CCC(C)CC1. The van der Waals surface area contributed by atoms with E-state index in [1.54, 1.807) is 4.72 Å². The van der Waals surface area contributed by atoms with Crippen LogP contribution in [-0.2, 0) is 14.9 Å². The van der Waals surface area contributed by atoms with Gasteiger partial charge in [-0.3, -0.25) is 0 Å². The molecule has 0 aromatic rings. The van der Waals surface area contributed by atoms with Gasteiger partial charge in [0.15, 0.2) is 0 Å². The molecule has 1 amide bonds. The molecule has 1 saturated carbocycles. The molecule has 106 valence electrons. The third-order valence-electron chi connectivity index (χ3n) is 3.24. The summed E-state index contributed by atoms with van der Waals surface area (Å²) in [5.74, 6) is 0.607. The molecule has 0 unspecified atom stereocenters. The molecule has 0 bridgehead atoms. The third kappa shape index (κ3) is 4.40. The van der Waals surface area contributed by atoms with Gasteiger partial charge in [0.25, 0.3) is 0 Å². The van der Waals surface area contributed by atoms with E-state index in [4.69, 9.17) is 0 Å². The maximum absolute atomic E-state index is 11.8. The Hall–Kier alpha value is -0.340. The van der Waals surface area contributed by atoms with Crippen LogP contribution in [0.3, 0.4) is 0 Å². The average molecular weight is 343 g/mol. The lowest BCUT2D eigenvalue weighted by molar-refractivity contribution is 0.177. The van der Waals surface area contributed by atoms with E-state index >= 15 is 0 Å². The van der Waals surface area contributed by atoms with Gasteiger partial charge in [-0.15, -0.1) is 0 Å². The molecule has 0 saturated heterocycles. The van der Waals surface area contributed by atoms with Gasteiger partial charge in [0.05, 0.1) is 7.11 Å². The van der Waals surface area contributed by atoms with Crippen LogP contribution in [0.25, 0.3) is 0 Å². The molecule has 1 fully saturated rings. The van der Waals surface area contributed by atoms with E-state index in [1.807, 2.05) is 0 Å². The second-order valence-electron chi connectivity index (χ2n) is 4.80. The number of amides is 1. The topological polar surface area (TPSA) is 84.5 Å². The normalized spacial score (nSPS) is 28.7. The number of carbonyl (C=O) groups excluding carboxylic acids is 1. The average Bonchev–Trinajstić information content (AvgIpc) is 2.31. The van der Waals surface area contributed by atoms with Gasteiger partial charge in [0.1, 0.15) is 0 Å². The molecule has 6 nitrogen and oxygen atoms in total. The fourth-order valence-electron chi connectivity index (χ4n) is 2.04. The minimum Gasteiger partial charge on any atom is -0.452 e. The van der Waals surface area contributed by atoms with Crippen molar-refractivity contribution in [2.45, 2.75) is 38.1 Å². The number of hydrogen-bond acceptors (Lipinski definition) is 4. The smallest absolute Gasteiger partial charge is 0.421 e. The summed E-state index contributed by atoms with van der Waals surface area (Å²) in [6.07, 6.45) is 2.44. The highest BCUT2D eigenvalue weighted by molar-refractivity contribution is 9.09. The quantitative estimate of drug-likeness (QED) is 0.758. The number of alkyl halides is 1. The Morgan fingerprint density at radius 1 is 1.44 bits per heavy atom. The fourth-order valence-corrected chi connectivity index (χ4v) is 4.13. The van der Waals surface area contributed by atoms with Gasteiger partial charge in [0, 0.05) is 10.9 Å². The van der Waals surface area contributed by atoms with E-state index in [1.165, 1.54) is 0 Å². The maximum Gasteiger partial charge on any atom is 0.421 e. The van der Waals surface area contributed by atoms with E-state index in [0.29, 0.717) is 11.2 Å². The molecule has 1 aliphatic carbocycles. The minimum absolute atomic E-state index is 0.521. The fraction of sp³-hybridized carbons (Fsp3) is 0.900. The van der Waals surface area contributed by atoms with Crippen LogP contribution < -0.4 is 9.44 Å². The monoisotopic (exact) mass is 342 g/mol. The van der Waals surface area contributed by atoms with Gasteiger partial charge in [-0.2, -0.15) is 13.1 Å². The molecular weight excluding hydrogens is 324 g/mol. The standard InChI is InChI=1S/C10H19BrN2O4S/c1-8-3-5-10(7-11,6-4-8)13-18(15,16)12-9(14)17-2/h8,13H,3-7H2,1-2H3,(H,12,14). The van der Waals surface area contributed by atoms with Crippen LogP contribution in [0.4, 0.5) is 4.79 Å². The Kier molecular flexibility index (Phi) is 5.42. The summed E-state index contributed by atoms with van der Waals surface area (Å²) in [5, 5.41) is 0.523. The van der Waals surface area contributed by atoms with Gasteiger partial charge in [0.2, 0.25) is 0 Å². The number of nitrogens with one attached hydrogen (secondary N) is 2. The second-order valence-corrected chi connectivity index (χ2v) is 6.77. The summed E-state index contributed by atoms with van der Waals surface area (Å²) in [6, 6.07) is 0. The van der Waals surface area contributed by atoms with E-state index in [2.05, 4.69) is 32.3 Å². The molecule has 0 heterocycles. The summed E-state index contributed by atoms with van der Waals surface area (Å²) in [7, 11) is -2.77. The molecule has 2 N–H and O–H groups in total. The Bertz CT molecular complexity index is 391. The summed E-state index contributed by atoms with van der Waals surface area (Å²) < 4.78 is 32.2. The third-order valence-corrected chi connectivity index (χ3v) is 5.45. The van der Waals surface area contributed by atoms with E-state index in [0.717, 1.165) is 32.8 Å². The molecule has 18 heavy (non-hydrogen) atoms. The van der Waals surface area contributed by atoms with Crippen LogP contribution in [0.2, 0.25) is 0 Å². The summed E-state index contributed by atoms with van der Waals surface area (Å²) in [4.78, 5) is 10.9. The first-order valence-electron chi connectivity index (χ1n) is 5.78. The first kappa shape index (κ1) is 15.7. The van der Waals surface area contributed by atoms with E-state index in [-0.39, 0.29) is 0 Å². The van der Waals surface area contributed by atoms with Crippen molar-refractivity contribution < 1.29 is 17.9 Å². The molecule has 0 aromatic heterocycles. The predicted octanol–water partition coefficient (Wildman–Crippen LogP) is 1.52. The molecule has 0 atom stereocenters. The van der Waals surface area contributed by atoms with Gasteiger partial charge in [-0.05, 0) is 31.6 Å². The Labute approximate surface area is 116 Å². The Balaban J connectivity index is 2.70. The van der Waals surface area contributed by atoms with Crippen molar-refractivity contribution >= 4 is 32.2 Å². The zero-order valence-corrected chi connectivity index (χ0v) is 12.9. The lowest BCUT2D eigenvalue weighted by Crippen LogP contribution is -2.55. The number of hydrogen-bond donors (Lipinski definition) is 2. The minimum atomic E-state index is -3.89. The largest absolute Gasteiger partial charge is 0.452 e. The molecular formula is C10H19BrN2O4S. The van der Waals surface area contributed by atoms with Crippen molar-refractivity contribution in [2.24, 2.45) is 5.92 Å². The van der Waals surface area contributed by atoms with Gasteiger partial charge in [-0.25, -0.2) is 9.52 Å². The second kappa shape index (κ2) is 6.21. The van der Waals surface area contributed by atoms with Crippen molar-refractivity contribution in [2.75, 3.05) is 12.4 Å². The lowest BCUT2D eigenvalue weighted by atomic mass is 9.79. The van der Waals surface area contributed by atoms with Crippen LogP contribution in [0.5, 0.6) is 0 Å². The highest BCUT2D eigenvalue weighted by Crippen LogP contribution is 2.33. The molecule has 0 aliphatic heterocycles. The number of halogens is 1. The van der Waals surface area contributed by atoms with Crippen molar-refractivity contribution in [1.82, 2.24) is 9.44 Å². The van der Waals surface area contributed by atoms with Crippen LogP contribution in [0.15, 0.2) is 0 Å². The molecule has 0 aromatic carbocycles. The van der Waals surface area contributed by atoms with E-state index < -0.39 is 21.8 Å². The maximum atomic E-state index is 11.8. The molecule has 1 rings (SSSR count). The van der Waals surface area contributed by atoms with Crippen LogP contribution in [0, 0.1) is 5.92 Å². The number of carbonyl (C=O) groups is 1. The lowest BCUT2D eigenvalue weighted by Gasteiger charge is -2.38. The predicted molar refractivity (Wildman–Crippen MR) is 71.8 cm³/mol. The van der Waals surface area contributed by atoms with Gasteiger partial charge < -0.3 is 4.74 Å². The van der Waals surface area contributed by atoms with Crippen LogP contribution >= 0.6 is 15.9 Å². The first-order valence-corrected chi connectivity index (χ1v) is 8.38. The first-order chi connectivity index (χ1) is 8.32. The highest BCUT2D eigenvalue weighted by atomic mass is 79.9. The number of ether oxygens (including phenoxy) is 1. The summed E-state index contributed by atoms with van der Waals surface area (Å²) >= 11 is 3.35. The summed E-state index contributed by atoms with van der Waals surface area (Å²) in [6.45, 7) is 2.15. The van der Waals surface area contributed by atoms with Crippen molar-refractivity contribution in [1.29, 1.82) is 0 Å². The number of rotatable bonds is 4. The molecule has 8 heteroatoms. The zero-order chi connectivity index (χ0) is 13.8. The van der Waals surface area contributed by atoms with Crippen LogP contribution in [0.1, 0.15) is 32.6 Å². The van der Waals surface area contributed by atoms with Crippen molar-refractivity contribution in [3.8, 4) is 0 Å². The molecule has 1 aliphatic rings. The Morgan fingerprint density at radius 2 is 2.00 bits per heavy atom. The van der Waals surface area contributed by atoms with Gasteiger partial charge in [-0.1, -0.05) is 22.9 Å². The van der Waals surface area contributed by atoms with E-state index in [9.17, 15) is 13.2 Å². The molecule has 0 radical (unpaired) electrons. The Morgan fingerprint density at radius 3 is 2.44 bits per heavy atom.